The van der Waals surface area contributed by atoms with Gasteiger partial charge >= 0.3 is 5.97 Å². The fourth-order valence-electron chi connectivity index (χ4n) is 5.51. The molecule has 4 aromatic rings. The molecule has 1 fully saturated rings. The van der Waals surface area contributed by atoms with Crippen molar-refractivity contribution in [1.29, 1.82) is 0 Å². The fraction of sp³-hybridized carbons (Fsp3) is 0.367. The van der Waals surface area contributed by atoms with Crippen molar-refractivity contribution >= 4 is 55.8 Å². The van der Waals surface area contributed by atoms with E-state index in [1.807, 2.05) is 56.6 Å². The number of nitrogens with zero attached hydrogens (tertiary/aromatic N) is 4. The van der Waals surface area contributed by atoms with Gasteiger partial charge in [0, 0.05) is 30.0 Å². The molecule has 2 N–H and O–H groups in total. The van der Waals surface area contributed by atoms with Crippen molar-refractivity contribution in [2.45, 2.75) is 45.4 Å². The Morgan fingerprint density at radius 1 is 1.07 bits per heavy atom. The number of nitrogens with one attached hydrogen (secondary N) is 2. The molecule has 42 heavy (non-hydrogen) atoms. The molecule has 2 heterocycles. The number of carbonyl (C=O) groups excluding carboxylic acids is 1. The van der Waals surface area contributed by atoms with Crippen LogP contribution >= 0.6 is 11.6 Å². The van der Waals surface area contributed by atoms with Crippen LogP contribution in [0.1, 0.15) is 41.6 Å². The first-order chi connectivity index (χ1) is 20.2. The third-order valence-corrected chi connectivity index (χ3v) is 9.96. The molecule has 1 saturated carbocycles. The summed E-state index contributed by atoms with van der Waals surface area (Å²) in [5.41, 5.74) is 3.38. The molecule has 0 radical (unpaired) electrons. The van der Waals surface area contributed by atoms with Gasteiger partial charge in [0.25, 0.3) is 0 Å². The zero-order chi connectivity index (χ0) is 29.9. The van der Waals surface area contributed by atoms with Crippen molar-refractivity contribution < 1.29 is 17.9 Å². The number of rotatable bonds is 10. The summed E-state index contributed by atoms with van der Waals surface area (Å²) < 4.78 is 33.8. The molecular weight excluding hydrogens is 576 g/mol. The highest BCUT2D eigenvalue weighted by Gasteiger charge is 2.28. The summed E-state index contributed by atoms with van der Waals surface area (Å²) in [5.74, 6) is 0.647. The van der Waals surface area contributed by atoms with E-state index in [0.717, 1.165) is 48.1 Å². The van der Waals surface area contributed by atoms with Crippen LogP contribution in [0.2, 0.25) is 5.02 Å². The van der Waals surface area contributed by atoms with Gasteiger partial charge in [0.05, 0.1) is 22.4 Å². The van der Waals surface area contributed by atoms with E-state index in [1.165, 1.54) is 13.4 Å². The molecule has 0 unspecified atom stereocenters. The lowest BCUT2D eigenvalue weighted by Crippen LogP contribution is -2.38. The molecule has 222 valence electrons. The predicted molar refractivity (Wildman–Crippen MR) is 166 cm³/mol. The number of fused-ring (bicyclic) bond motifs is 1. The Labute approximate surface area is 251 Å². The summed E-state index contributed by atoms with van der Waals surface area (Å²) in [6, 6.07) is 14.9. The average Bonchev–Trinajstić information content (AvgIpc) is 3.41. The Morgan fingerprint density at radius 3 is 2.57 bits per heavy atom. The third kappa shape index (κ3) is 6.53. The summed E-state index contributed by atoms with van der Waals surface area (Å²) in [4.78, 5) is 24.4. The minimum atomic E-state index is -3.22. The maximum Gasteiger partial charge on any atom is 0.341 e. The van der Waals surface area contributed by atoms with E-state index in [2.05, 4.69) is 24.9 Å². The Balaban J connectivity index is 1.26. The Kier molecular flexibility index (Phi) is 9.00. The van der Waals surface area contributed by atoms with Gasteiger partial charge in [0.2, 0.25) is 10.0 Å². The van der Waals surface area contributed by atoms with Gasteiger partial charge in [-0.05, 0) is 81.5 Å². The highest BCUT2D eigenvalue weighted by molar-refractivity contribution is 7.89. The van der Waals surface area contributed by atoms with Gasteiger partial charge in [-0.2, -0.15) is 0 Å². The maximum atomic E-state index is 13.2. The van der Waals surface area contributed by atoms with Gasteiger partial charge < -0.3 is 15.0 Å². The van der Waals surface area contributed by atoms with Crippen LogP contribution in [0.15, 0.2) is 61.1 Å². The Morgan fingerprint density at radius 2 is 1.81 bits per heavy atom. The van der Waals surface area contributed by atoms with Crippen molar-refractivity contribution in [3.63, 3.8) is 0 Å². The zero-order valence-corrected chi connectivity index (χ0v) is 25.5. The summed E-state index contributed by atoms with van der Waals surface area (Å²) >= 11 is 6.27. The number of anilines is 3. The number of esters is 1. The standard InChI is InChI=1S/C30H35ClN6O4S/c1-20-25(31)8-6-10-26(20)35-27-9-5-4-7-23(27)30(38)41-19-37-16-15-24-28(33-18-34-29(24)37)36(3)22-13-11-21(12-14-22)17-42(39,40)32-2/h4-10,15-16,18,21-22,32,35H,11-14,17,19H2,1-3H3. The topological polar surface area (TPSA) is 118 Å². The molecule has 2 aromatic carbocycles. The monoisotopic (exact) mass is 610 g/mol. The normalized spacial score (nSPS) is 17.2. The summed E-state index contributed by atoms with van der Waals surface area (Å²) in [5, 5.41) is 4.80. The predicted octanol–water partition coefficient (Wildman–Crippen LogP) is 5.50. The molecular formula is C30H35ClN6O4S. The van der Waals surface area contributed by atoms with Crippen LogP contribution in [0.25, 0.3) is 11.0 Å². The molecule has 0 atom stereocenters. The Bertz CT molecular complexity index is 1680. The van der Waals surface area contributed by atoms with Crippen molar-refractivity contribution in [1.82, 2.24) is 19.3 Å². The van der Waals surface area contributed by atoms with Crippen molar-refractivity contribution in [2.24, 2.45) is 5.92 Å². The van der Waals surface area contributed by atoms with Crippen LogP contribution in [-0.2, 0) is 21.5 Å². The van der Waals surface area contributed by atoms with Gasteiger partial charge in [-0.1, -0.05) is 29.8 Å². The number of carbonyl (C=O) groups is 1. The second kappa shape index (κ2) is 12.7. The van der Waals surface area contributed by atoms with E-state index in [9.17, 15) is 13.2 Å². The van der Waals surface area contributed by atoms with E-state index in [4.69, 9.17) is 16.3 Å². The molecule has 0 amide bonds. The van der Waals surface area contributed by atoms with Gasteiger partial charge in [-0.25, -0.2) is 27.9 Å². The summed E-state index contributed by atoms with van der Waals surface area (Å²) in [7, 11) is 0.258. The van der Waals surface area contributed by atoms with E-state index in [1.54, 1.807) is 16.7 Å². The molecule has 10 nitrogen and oxygen atoms in total. The molecule has 2 aromatic heterocycles. The molecule has 1 aliphatic rings. The molecule has 0 saturated heterocycles. The highest BCUT2D eigenvalue weighted by atomic mass is 35.5. The van der Waals surface area contributed by atoms with Gasteiger partial charge in [-0.15, -0.1) is 0 Å². The van der Waals surface area contributed by atoms with E-state index < -0.39 is 16.0 Å². The number of aromatic nitrogens is 3. The molecule has 0 bridgehead atoms. The molecule has 1 aliphatic carbocycles. The van der Waals surface area contributed by atoms with Crippen LogP contribution < -0.4 is 14.9 Å². The first-order valence-electron chi connectivity index (χ1n) is 13.9. The number of para-hydroxylation sites is 1. The highest BCUT2D eigenvalue weighted by Crippen LogP contribution is 2.33. The third-order valence-electron chi connectivity index (χ3n) is 8.02. The average molecular weight is 611 g/mol. The van der Waals surface area contributed by atoms with Crippen LogP contribution in [0.5, 0.6) is 0 Å². The second-order valence-electron chi connectivity index (χ2n) is 10.6. The first kappa shape index (κ1) is 29.8. The number of sulfonamides is 1. The molecule has 0 spiro atoms. The first-order valence-corrected chi connectivity index (χ1v) is 15.9. The summed E-state index contributed by atoms with van der Waals surface area (Å²) in [6.45, 7) is 1.90. The second-order valence-corrected chi connectivity index (χ2v) is 13.0. The van der Waals surface area contributed by atoms with E-state index >= 15 is 0 Å². The van der Waals surface area contributed by atoms with Crippen LogP contribution in [0.4, 0.5) is 17.2 Å². The van der Waals surface area contributed by atoms with Crippen LogP contribution in [0, 0.1) is 12.8 Å². The largest absolute Gasteiger partial charge is 0.440 e. The zero-order valence-electron chi connectivity index (χ0n) is 23.9. The van der Waals surface area contributed by atoms with Crippen LogP contribution in [0.3, 0.4) is 0 Å². The lowest BCUT2D eigenvalue weighted by molar-refractivity contribution is 0.0380. The quantitative estimate of drug-likeness (QED) is 0.226. The molecule has 0 aliphatic heterocycles. The van der Waals surface area contributed by atoms with E-state index in [0.29, 0.717) is 21.9 Å². The van der Waals surface area contributed by atoms with Gasteiger partial charge in [-0.3, -0.25) is 4.57 Å². The van der Waals surface area contributed by atoms with Crippen LogP contribution in [-0.4, -0.2) is 54.8 Å². The lowest BCUT2D eigenvalue weighted by atomic mass is 9.86. The molecule has 12 heteroatoms. The Hall–Kier alpha value is -3.67. The van der Waals surface area contributed by atoms with Crippen molar-refractivity contribution in [2.75, 3.05) is 30.1 Å². The molecule has 5 rings (SSSR count). The summed E-state index contributed by atoms with van der Waals surface area (Å²) in [6.07, 6.45) is 6.80. The number of benzene rings is 2. The van der Waals surface area contributed by atoms with Crippen molar-refractivity contribution in [3.8, 4) is 0 Å². The van der Waals surface area contributed by atoms with Gasteiger partial charge in [0.15, 0.2) is 6.73 Å². The number of halogens is 1. The SMILES string of the molecule is CNS(=O)(=O)CC1CCC(N(C)c2ncnc3c2ccn3COC(=O)c2ccccc2Nc2cccc(Cl)c2C)CC1. The van der Waals surface area contributed by atoms with E-state index in [-0.39, 0.29) is 24.4 Å². The van der Waals surface area contributed by atoms with Crippen molar-refractivity contribution in [3.05, 3.63) is 77.2 Å². The number of hydrogen-bond donors (Lipinski definition) is 2. The van der Waals surface area contributed by atoms with Gasteiger partial charge in [0.1, 0.15) is 17.8 Å². The number of ether oxygens (including phenoxy) is 1. The number of hydrogen-bond acceptors (Lipinski definition) is 8. The minimum Gasteiger partial charge on any atom is -0.440 e. The lowest BCUT2D eigenvalue weighted by Gasteiger charge is -2.35. The smallest absolute Gasteiger partial charge is 0.341 e. The maximum absolute atomic E-state index is 13.2. The fourth-order valence-corrected chi connectivity index (χ4v) is 6.80. The minimum absolute atomic E-state index is 0.0158.